The number of hydrogen-bond acceptors (Lipinski definition) is 3. The number of rotatable bonds is 1. The van der Waals surface area contributed by atoms with Crippen LogP contribution in [0.4, 0.5) is 4.79 Å². The summed E-state index contributed by atoms with van der Waals surface area (Å²) in [6.07, 6.45) is 3.34. The Morgan fingerprint density at radius 2 is 2.12 bits per heavy atom. The fraction of sp³-hybridized carbons (Fsp3) is 0.923. The van der Waals surface area contributed by atoms with Crippen molar-refractivity contribution in [1.29, 1.82) is 0 Å². The molecule has 98 valence electrons. The molecule has 0 aromatic carbocycles. The first kappa shape index (κ1) is 12.7. The van der Waals surface area contributed by atoms with Gasteiger partial charge in [0.1, 0.15) is 5.60 Å². The molecule has 3 rings (SSSR count). The van der Waals surface area contributed by atoms with Crippen LogP contribution in [0.1, 0.15) is 40.0 Å². The first-order valence-electron chi connectivity index (χ1n) is 6.60. The normalized spacial score (nSPS) is 32.7. The quantitative estimate of drug-likeness (QED) is 0.762. The van der Waals surface area contributed by atoms with Gasteiger partial charge in [0.05, 0.1) is 0 Å². The van der Waals surface area contributed by atoms with Gasteiger partial charge in [0.25, 0.3) is 0 Å². The van der Waals surface area contributed by atoms with Gasteiger partial charge in [-0.3, -0.25) is 0 Å². The monoisotopic (exact) mass is 240 g/mol. The van der Waals surface area contributed by atoms with Crippen molar-refractivity contribution in [3.05, 3.63) is 0 Å². The molecule has 1 amide bonds. The summed E-state index contributed by atoms with van der Waals surface area (Å²) in [5, 5.41) is 0. The van der Waals surface area contributed by atoms with Crippen LogP contribution in [-0.2, 0) is 4.74 Å². The Kier molecular flexibility index (Phi) is 3.34. The fourth-order valence-corrected chi connectivity index (χ4v) is 3.12. The number of fused-ring (bicyclic) bond motifs is 3. The Morgan fingerprint density at radius 1 is 1.41 bits per heavy atom. The average Bonchev–Trinajstić information content (AvgIpc) is 2.27. The van der Waals surface area contributed by atoms with Gasteiger partial charge in [-0.2, -0.15) is 0 Å². The molecule has 2 saturated heterocycles. The van der Waals surface area contributed by atoms with E-state index in [0.717, 1.165) is 13.0 Å². The van der Waals surface area contributed by atoms with Crippen LogP contribution in [0.3, 0.4) is 0 Å². The number of amides is 1. The highest BCUT2D eigenvalue weighted by Gasteiger charge is 2.43. The summed E-state index contributed by atoms with van der Waals surface area (Å²) in [6, 6.07) is 0.305. The lowest BCUT2D eigenvalue weighted by Crippen LogP contribution is -2.57. The second-order valence-corrected chi connectivity index (χ2v) is 6.37. The average molecular weight is 240 g/mol. The molecule has 2 heterocycles. The minimum atomic E-state index is -0.411. The number of hydrogen-bond donors (Lipinski definition) is 1. The molecule has 3 aliphatic rings. The molecule has 2 aliphatic heterocycles. The van der Waals surface area contributed by atoms with Crippen molar-refractivity contribution < 1.29 is 9.53 Å². The van der Waals surface area contributed by atoms with E-state index in [1.807, 2.05) is 25.7 Å². The molecule has 1 aliphatic carbocycles. The molecule has 2 bridgehead atoms. The van der Waals surface area contributed by atoms with Gasteiger partial charge in [-0.25, -0.2) is 4.79 Å². The number of piperidine rings is 2. The van der Waals surface area contributed by atoms with E-state index in [0.29, 0.717) is 24.4 Å². The highest BCUT2D eigenvalue weighted by atomic mass is 16.6. The molecule has 0 aromatic rings. The number of carbonyl (C=O) groups is 1. The molecule has 4 heteroatoms. The maximum Gasteiger partial charge on any atom is 0.410 e. The van der Waals surface area contributed by atoms with Gasteiger partial charge in [-0.05, 0) is 58.4 Å². The van der Waals surface area contributed by atoms with Gasteiger partial charge in [0, 0.05) is 12.6 Å². The van der Waals surface area contributed by atoms with E-state index in [4.69, 9.17) is 10.5 Å². The maximum absolute atomic E-state index is 12.1. The smallest absolute Gasteiger partial charge is 0.410 e. The SMILES string of the molecule is CC(C)(C)OC(=O)N1CC2CCC1C(CN)C2. The van der Waals surface area contributed by atoms with Crippen LogP contribution >= 0.6 is 0 Å². The van der Waals surface area contributed by atoms with Crippen molar-refractivity contribution in [1.82, 2.24) is 4.90 Å². The van der Waals surface area contributed by atoms with Crippen LogP contribution in [0.2, 0.25) is 0 Å². The Labute approximate surface area is 103 Å². The van der Waals surface area contributed by atoms with Crippen LogP contribution in [0.25, 0.3) is 0 Å². The molecule has 0 radical (unpaired) electrons. The Morgan fingerprint density at radius 3 is 2.65 bits per heavy atom. The molecule has 0 spiro atoms. The van der Waals surface area contributed by atoms with Crippen LogP contribution < -0.4 is 5.73 Å². The van der Waals surface area contributed by atoms with Crippen LogP contribution in [0.15, 0.2) is 0 Å². The largest absolute Gasteiger partial charge is 0.444 e. The third-order valence-electron chi connectivity index (χ3n) is 3.84. The van der Waals surface area contributed by atoms with E-state index in [1.165, 1.54) is 12.8 Å². The highest BCUT2D eigenvalue weighted by molar-refractivity contribution is 5.69. The van der Waals surface area contributed by atoms with Gasteiger partial charge in [0.15, 0.2) is 0 Å². The molecule has 1 saturated carbocycles. The Hall–Kier alpha value is -0.770. The first-order valence-corrected chi connectivity index (χ1v) is 6.60. The Balaban J connectivity index is 2.04. The molecule has 17 heavy (non-hydrogen) atoms. The molecular formula is C13H24N2O2. The summed E-state index contributed by atoms with van der Waals surface area (Å²) < 4.78 is 5.47. The zero-order valence-electron chi connectivity index (χ0n) is 11.1. The highest BCUT2D eigenvalue weighted by Crippen LogP contribution is 2.39. The van der Waals surface area contributed by atoms with Gasteiger partial charge < -0.3 is 15.4 Å². The third kappa shape index (κ3) is 2.73. The van der Waals surface area contributed by atoms with Crippen molar-refractivity contribution in [2.45, 2.75) is 51.7 Å². The second-order valence-electron chi connectivity index (χ2n) is 6.37. The minimum Gasteiger partial charge on any atom is -0.444 e. The second kappa shape index (κ2) is 4.48. The topological polar surface area (TPSA) is 55.6 Å². The lowest BCUT2D eigenvalue weighted by atomic mass is 9.73. The molecular weight excluding hydrogens is 216 g/mol. The van der Waals surface area contributed by atoms with E-state index in [-0.39, 0.29) is 6.09 Å². The lowest BCUT2D eigenvalue weighted by molar-refractivity contribution is -0.0300. The van der Waals surface area contributed by atoms with Gasteiger partial charge in [0.2, 0.25) is 0 Å². The molecule has 3 unspecified atom stereocenters. The summed E-state index contributed by atoms with van der Waals surface area (Å²) >= 11 is 0. The van der Waals surface area contributed by atoms with Crippen molar-refractivity contribution in [2.75, 3.05) is 13.1 Å². The van der Waals surface area contributed by atoms with Crippen LogP contribution in [0.5, 0.6) is 0 Å². The molecule has 4 nitrogen and oxygen atoms in total. The number of carbonyl (C=O) groups excluding carboxylic acids is 1. The predicted octanol–water partition coefficient (Wildman–Crippen LogP) is 1.98. The van der Waals surface area contributed by atoms with Crippen molar-refractivity contribution in [3.8, 4) is 0 Å². The van der Waals surface area contributed by atoms with E-state index >= 15 is 0 Å². The number of nitrogens with zero attached hydrogens (tertiary/aromatic N) is 1. The zero-order valence-corrected chi connectivity index (χ0v) is 11.1. The molecule has 3 fully saturated rings. The number of nitrogens with two attached hydrogens (primary N) is 1. The zero-order chi connectivity index (χ0) is 12.6. The van der Waals surface area contributed by atoms with Crippen LogP contribution in [0, 0.1) is 11.8 Å². The van der Waals surface area contributed by atoms with Crippen molar-refractivity contribution in [3.63, 3.8) is 0 Å². The standard InChI is InChI=1S/C13H24N2O2/c1-13(2,3)17-12(16)15-8-9-4-5-11(15)10(6-9)7-14/h9-11H,4-8,14H2,1-3H3. The van der Waals surface area contributed by atoms with E-state index in [1.54, 1.807) is 0 Å². The summed E-state index contributed by atoms with van der Waals surface area (Å²) in [6.45, 7) is 7.27. The van der Waals surface area contributed by atoms with E-state index < -0.39 is 5.60 Å². The van der Waals surface area contributed by atoms with E-state index in [2.05, 4.69) is 0 Å². The first-order chi connectivity index (χ1) is 7.90. The summed E-state index contributed by atoms with van der Waals surface area (Å²) in [5.74, 6) is 1.09. The Bertz CT molecular complexity index is 298. The fourth-order valence-electron chi connectivity index (χ4n) is 3.12. The van der Waals surface area contributed by atoms with Gasteiger partial charge in [-0.15, -0.1) is 0 Å². The van der Waals surface area contributed by atoms with Crippen molar-refractivity contribution >= 4 is 6.09 Å². The van der Waals surface area contributed by atoms with E-state index in [9.17, 15) is 4.79 Å². The molecule has 3 atom stereocenters. The maximum atomic E-state index is 12.1. The summed E-state index contributed by atoms with van der Waals surface area (Å²) in [4.78, 5) is 14.0. The van der Waals surface area contributed by atoms with Gasteiger partial charge in [-0.1, -0.05) is 0 Å². The van der Waals surface area contributed by atoms with Crippen molar-refractivity contribution in [2.24, 2.45) is 17.6 Å². The lowest BCUT2D eigenvalue weighted by Gasteiger charge is -2.49. The summed E-state index contributed by atoms with van der Waals surface area (Å²) in [5.41, 5.74) is 5.39. The number of ether oxygens (including phenoxy) is 1. The molecule has 2 N–H and O–H groups in total. The van der Waals surface area contributed by atoms with Gasteiger partial charge >= 0.3 is 6.09 Å². The third-order valence-corrected chi connectivity index (χ3v) is 3.84. The predicted molar refractivity (Wildman–Crippen MR) is 66.6 cm³/mol. The van der Waals surface area contributed by atoms with Crippen LogP contribution in [-0.4, -0.2) is 35.7 Å². The minimum absolute atomic E-state index is 0.162. The molecule has 0 aromatic heterocycles. The summed E-state index contributed by atoms with van der Waals surface area (Å²) in [7, 11) is 0.